The van der Waals surface area contributed by atoms with Crippen molar-refractivity contribution in [2.75, 3.05) is 0 Å². The molecule has 0 aliphatic carbocycles. The van der Waals surface area contributed by atoms with E-state index in [4.69, 9.17) is 5.73 Å². The van der Waals surface area contributed by atoms with Gasteiger partial charge >= 0.3 is 0 Å². The molecular weight excluding hydrogens is 283 g/mol. The van der Waals surface area contributed by atoms with Crippen LogP contribution in [-0.4, -0.2) is 17.9 Å². The van der Waals surface area contributed by atoms with Crippen LogP contribution in [0.3, 0.4) is 0 Å². The van der Waals surface area contributed by atoms with Crippen molar-refractivity contribution in [2.24, 2.45) is 5.73 Å². The minimum absolute atomic E-state index is 0.149. The van der Waals surface area contributed by atoms with Gasteiger partial charge in [0.25, 0.3) is 5.91 Å². The molecule has 22 heavy (non-hydrogen) atoms. The molecule has 2 rings (SSSR count). The minimum Gasteiger partial charge on any atom is -0.368 e. The summed E-state index contributed by atoms with van der Waals surface area (Å²) in [5, 5.41) is 2.55. The lowest BCUT2D eigenvalue weighted by Gasteiger charge is -2.16. The van der Waals surface area contributed by atoms with Crippen LogP contribution in [0.25, 0.3) is 0 Å². The van der Waals surface area contributed by atoms with Crippen molar-refractivity contribution in [3.63, 3.8) is 0 Å². The van der Waals surface area contributed by atoms with Crippen LogP contribution in [0.4, 0.5) is 4.39 Å². The van der Waals surface area contributed by atoms with Crippen LogP contribution >= 0.6 is 0 Å². The molecule has 1 atom stereocenters. The molecule has 3 N–H and O–H groups in total. The number of rotatable bonds is 5. The molecule has 0 aliphatic rings. The number of nitrogens with one attached hydrogen (secondary N) is 1. The Hall–Kier alpha value is -2.69. The Morgan fingerprint density at radius 2 is 1.91 bits per heavy atom. The van der Waals surface area contributed by atoms with E-state index in [-0.39, 0.29) is 12.0 Å². The zero-order valence-corrected chi connectivity index (χ0v) is 12.2. The fourth-order valence-corrected chi connectivity index (χ4v) is 2.17. The molecule has 2 amide bonds. The zero-order chi connectivity index (χ0) is 16.1. The van der Waals surface area contributed by atoms with Crippen molar-refractivity contribution in [1.82, 2.24) is 5.32 Å². The molecule has 114 valence electrons. The molecule has 0 heterocycles. The van der Waals surface area contributed by atoms with E-state index in [1.54, 1.807) is 0 Å². The summed E-state index contributed by atoms with van der Waals surface area (Å²) < 4.78 is 13.1. The molecule has 4 nitrogen and oxygen atoms in total. The van der Waals surface area contributed by atoms with E-state index in [2.05, 4.69) is 5.32 Å². The highest BCUT2D eigenvalue weighted by Crippen LogP contribution is 2.08. The third-order valence-electron chi connectivity index (χ3n) is 3.26. The minimum atomic E-state index is -0.849. The highest BCUT2D eigenvalue weighted by atomic mass is 19.1. The first kappa shape index (κ1) is 15.7. The van der Waals surface area contributed by atoms with Gasteiger partial charge in [0.05, 0.1) is 0 Å². The summed E-state index contributed by atoms with van der Waals surface area (Å²) in [4.78, 5) is 23.6. The van der Waals surface area contributed by atoms with Crippen LogP contribution in [0.15, 0.2) is 48.5 Å². The SMILES string of the molecule is Cc1cccc(C[C@H](NC(=O)c2cccc(F)c2)C(N)=O)c1. The van der Waals surface area contributed by atoms with Gasteiger partial charge in [-0.2, -0.15) is 0 Å². The smallest absolute Gasteiger partial charge is 0.252 e. The molecule has 0 saturated carbocycles. The van der Waals surface area contributed by atoms with Crippen molar-refractivity contribution in [1.29, 1.82) is 0 Å². The quantitative estimate of drug-likeness (QED) is 0.886. The third-order valence-corrected chi connectivity index (χ3v) is 3.26. The number of hydrogen-bond acceptors (Lipinski definition) is 2. The molecule has 0 aromatic heterocycles. The molecule has 0 aliphatic heterocycles. The summed E-state index contributed by atoms with van der Waals surface area (Å²) in [6.07, 6.45) is 0.290. The van der Waals surface area contributed by atoms with Crippen LogP contribution in [0, 0.1) is 12.7 Å². The first-order chi connectivity index (χ1) is 10.5. The number of carbonyl (C=O) groups excluding carboxylic acids is 2. The maximum atomic E-state index is 13.1. The molecule has 5 heteroatoms. The van der Waals surface area contributed by atoms with Crippen LogP contribution in [-0.2, 0) is 11.2 Å². The summed E-state index contributed by atoms with van der Waals surface area (Å²) in [6, 6.07) is 12.0. The van der Waals surface area contributed by atoms with Gasteiger partial charge in [0.2, 0.25) is 5.91 Å². The number of halogens is 1. The Bertz CT molecular complexity index is 701. The molecule has 0 radical (unpaired) electrons. The fourth-order valence-electron chi connectivity index (χ4n) is 2.17. The Balaban J connectivity index is 2.12. The summed E-state index contributed by atoms with van der Waals surface area (Å²) in [7, 11) is 0. The van der Waals surface area contributed by atoms with E-state index in [0.717, 1.165) is 17.2 Å². The lowest BCUT2D eigenvalue weighted by Crippen LogP contribution is -2.45. The monoisotopic (exact) mass is 300 g/mol. The van der Waals surface area contributed by atoms with E-state index < -0.39 is 23.7 Å². The van der Waals surface area contributed by atoms with Gasteiger partial charge in [-0.05, 0) is 30.7 Å². The van der Waals surface area contributed by atoms with E-state index in [1.165, 1.54) is 18.2 Å². The molecule has 2 aromatic rings. The third kappa shape index (κ3) is 4.15. The van der Waals surface area contributed by atoms with E-state index in [1.807, 2.05) is 31.2 Å². The Kier molecular flexibility index (Phi) is 4.88. The van der Waals surface area contributed by atoms with Crippen molar-refractivity contribution >= 4 is 11.8 Å². The first-order valence-corrected chi connectivity index (χ1v) is 6.87. The first-order valence-electron chi connectivity index (χ1n) is 6.87. The highest BCUT2D eigenvalue weighted by molar-refractivity contribution is 5.97. The van der Waals surface area contributed by atoms with E-state index >= 15 is 0 Å². The zero-order valence-electron chi connectivity index (χ0n) is 12.2. The summed E-state index contributed by atoms with van der Waals surface area (Å²) in [5.74, 6) is -1.68. The average Bonchev–Trinajstić information content (AvgIpc) is 2.46. The van der Waals surface area contributed by atoms with Gasteiger partial charge in [0.15, 0.2) is 0 Å². The molecule has 0 fully saturated rings. The number of amides is 2. The number of nitrogens with two attached hydrogens (primary N) is 1. The van der Waals surface area contributed by atoms with Gasteiger partial charge in [-0.3, -0.25) is 9.59 Å². The second kappa shape index (κ2) is 6.85. The van der Waals surface area contributed by atoms with Gasteiger partial charge in [0, 0.05) is 12.0 Å². The van der Waals surface area contributed by atoms with Crippen molar-refractivity contribution in [3.8, 4) is 0 Å². The van der Waals surface area contributed by atoms with Gasteiger partial charge in [-0.1, -0.05) is 35.9 Å². The maximum absolute atomic E-state index is 13.1. The van der Waals surface area contributed by atoms with Gasteiger partial charge in [0.1, 0.15) is 11.9 Å². The van der Waals surface area contributed by atoms with Crippen molar-refractivity contribution < 1.29 is 14.0 Å². The van der Waals surface area contributed by atoms with E-state index in [9.17, 15) is 14.0 Å². The van der Waals surface area contributed by atoms with Gasteiger partial charge in [-0.25, -0.2) is 4.39 Å². The number of benzene rings is 2. The average molecular weight is 300 g/mol. The lowest BCUT2D eigenvalue weighted by atomic mass is 10.0. The predicted octanol–water partition coefficient (Wildman–Crippen LogP) is 1.96. The maximum Gasteiger partial charge on any atom is 0.252 e. The Morgan fingerprint density at radius 3 is 2.55 bits per heavy atom. The van der Waals surface area contributed by atoms with Gasteiger partial charge in [-0.15, -0.1) is 0 Å². The van der Waals surface area contributed by atoms with Crippen LogP contribution < -0.4 is 11.1 Å². The van der Waals surface area contributed by atoms with Crippen LogP contribution in [0.1, 0.15) is 21.5 Å². The van der Waals surface area contributed by atoms with Crippen LogP contribution in [0.5, 0.6) is 0 Å². The summed E-state index contributed by atoms with van der Waals surface area (Å²) in [6.45, 7) is 1.94. The second-order valence-corrected chi connectivity index (χ2v) is 5.13. The Labute approximate surface area is 128 Å². The van der Waals surface area contributed by atoms with Crippen molar-refractivity contribution in [3.05, 3.63) is 71.0 Å². The summed E-state index contributed by atoms with van der Waals surface area (Å²) >= 11 is 0. The number of carbonyl (C=O) groups is 2. The molecular formula is C17H17FN2O2. The standard InChI is InChI=1S/C17H17FN2O2/c1-11-4-2-5-12(8-11)9-15(16(19)21)20-17(22)13-6-3-7-14(18)10-13/h2-8,10,15H,9H2,1H3,(H2,19,21)(H,20,22)/t15-/m0/s1. The Morgan fingerprint density at radius 1 is 1.18 bits per heavy atom. The lowest BCUT2D eigenvalue weighted by molar-refractivity contribution is -0.119. The molecule has 0 bridgehead atoms. The number of hydrogen-bond donors (Lipinski definition) is 2. The van der Waals surface area contributed by atoms with Gasteiger partial charge < -0.3 is 11.1 Å². The highest BCUT2D eigenvalue weighted by Gasteiger charge is 2.19. The van der Waals surface area contributed by atoms with E-state index in [0.29, 0.717) is 0 Å². The fraction of sp³-hybridized carbons (Fsp3) is 0.176. The van der Waals surface area contributed by atoms with Crippen molar-refractivity contribution in [2.45, 2.75) is 19.4 Å². The normalized spacial score (nSPS) is 11.7. The summed E-state index contributed by atoms with van der Waals surface area (Å²) in [5.41, 5.74) is 7.44. The molecule has 0 spiro atoms. The predicted molar refractivity (Wildman–Crippen MR) is 81.7 cm³/mol. The second-order valence-electron chi connectivity index (χ2n) is 5.13. The number of aryl methyl sites for hydroxylation is 1. The topological polar surface area (TPSA) is 72.2 Å². The number of primary amides is 1. The largest absolute Gasteiger partial charge is 0.368 e. The van der Waals surface area contributed by atoms with Crippen LogP contribution in [0.2, 0.25) is 0 Å². The molecule has 0 unspecified atom stereocenters. The molecule has 2 aromatic carbocycles. The molecule has 0 saturated heterocycles.